The summed E-state index contributed by atoms with van der Waals surface area (Å²) in [4.78, 5) is 15.9. The first-order valence-electron chi connectivity index (χ1n) is 9.96. The standard InChI is InChI=1S/C22H19F2N5OS/c1-12(21(30)26-19-16(23)6-4-7-17(19)24)31-22-28-27-20(29(22)13-9-10-13)15-11-25-18-8-3-2-5-14(15)18/h2-8,11-13,25H,9-10H2,1H3,(H,26,30). The van der Waals surface area contributed by atoms with Gasteiger partial charge in [-0.25, -0.2) is 8.78 Å². The van der Waals surface area contributed by atoms with Gasteiger partial charge in [-0.1, -0.05) is 36.0 Å². The van der Waals surface area contributed by atoms with Crippen LogP contribution in [0.4, 0.5) is 14.5 Å². The molecule has 2 N–H and O–H groups in total. The van der Waals surface area contributed by atoms with Gasteiger partial charge >= 0.3 is 0 Å². The Morgan fingerprint density at radius 1 is 1.16 bits per heavy atom. The van der Waals surface area contributed by atoms with E-state index < -0.39 is 28.5 Å². The maximum Gasteiger partial charge on any atom is 0.237 e. The molecule has 0 bridgehead atoms. The molecular weight excluding hydrogens is 420 g/mol. The van der Waals surface area contributed by atoms with Gasteiger partial charge in [0.1, 0.15) is 17.3 Å². The minimum absolute atomic E-state index is 0.278. The molecule has 1 saturated carbocycles. The quantitative estimate of drug-likeness (QED) is 0.407. The molecule has 9 heteroatoms. The van der Waals surface area contributed by atoms with Crippen LogP contribution in [0, 0.1) is 11.6 Å². The van der Waals surface area contributed by atoms with E-state index in [1.165, 1.54) is 17.8 Å². The van der Waals surface area contributed by atoms with Crippen molar-refractivity contribution in [2.45, 2.75) is 36.2 Å². The maximum absolute atomic E-state index is 13.9. The Balaban J connectivity index is 1.42. The topological polar surface area (TPSA) is 75.6 Å². The number of para-hydroxylation sites is 2. The molecule has 31 heavy (non-hydrogen) atoms. The van der Waals surface area contributed by atoms with E-state index in [1.54, 1.807) is 6.92 Å². The Morgan fingerprint density at radius 2 is 1.90 bits per heavy atom. The molecule has 0 radical (unpaired) electrons. The number of hydrogen-bond acceptors (Lipinski definition) is 4. The van der Waals surface area contributed by atoms with Crippen molar-refractivity contribution >= 4 is 34.3 Å². The molecule has 1 fully saturated rings. The van der Waals surface area contributed by atoms with Crippen molar-refractivity contribution in [2.24, 2.45) is 0 Å². The highest BCUT2D eigenvalue weighted by Gasteiger charge is 2.32. The lowest BCUT2D eigenvalue weighted by molar-refractivity contribution is -0.115. The molecule has 1 aliphatic rings. The molecule has 2 aromatic heterocycles. The van der Waals surface area contributed by atoms with Gasteiger partial charge < -0.3 is 10.3 Å². The number of fused-ring (bicyclic) bond motifs is 1. The predicted octanol–water partition coefficient (Wildman–Crippen LogP) is 5.16. The summed E-state index contributed by atoms with van der Waals surface area (Å²) >= 11 is 1.22. The number of benzene rings is 2. The summed E-state index contributed by atoms with van der Waals surface area (Å²) in [5.41, 5.74) is 1.52. The van der Waals surface area contributed by atoms with Crippen molar-refractivity contribution in [1.82, 2.24) is 19.7 Å². The number of amides is 1. The van der Waals surface area contributed by atoms with Crippen LogP contribution in [0.1, 0.15) is 25.8 Å². The zero-order valence-electron chi connectivity index (χ0n) is 16.6. The Morgan fingerprint density at radius 3 is 2.65 bits per heavy atom. The summed E-state index contributed by atoms with van der Waals surface area (Å²) < 4.78 is 29.8. The zero-order chi connectivity index (χ0) is 21.5. The van der Waals surface area contributed by atoms with E-state index in [4.69, 9.17) is 0 Å². The number of thioether (sulfide) groups is 1. The first-order chi connectivity index (χ1) is 15.0. The van der Waals surface area contributed by atoms with E-state index >= 15 is 0 Å². The second-order valence-corrected chi connectivity index (χ2v) is 8.81. The highest BCUT2D eigenvalue weighted by Crippen LogP contribution is 2.42. The van der Waals surface area contributed by atoms with E-state index in [9.17, 15) is 13.6 Å². The van der Waals surface area contributed by atoms with Crippen molar-refractivity contribution < 1.29 is 13.6 Å². The molecule has 158 valence electrons. The number of rotatable bonds is 6. The third kappa shape index (κ3) is 3.69. The number of anilines is 1. The summed E-state index contributed by atoms with van der Waals surface area (Å²) in [7, 11) is 0. The van der Waals surface area contributed by atoms with Crippen LogP contribution in [0.15, 0.2) is 53.8 Å². The van der Waals surface area contributed by atoms with Crippen molar-refractivity contribution in [3.8, 4) is 11.4 Å². The van der Waals surface area contributed by atoms with Gasteiger partial charge in [-0.2, -0.15) is 0 Å². The Labute approximate surface area is 181 Å². The number of carbonyl (C=O) groups excluding carboxylic acids is 1. The minimum atomic E-state index is -0.812. The second-order valence-electron chi connectivity index (χ2n) is 7.50. The lowest BCUT2D eigenvalue weighted by Gasteiger charge is -2.14. The molecule has 6 nitrogen and oxygen atoms in total. The molecule has 5 rings (SSSR count). The highest BCUT2D eigenvalue weighted by atomic mass is 32.2. The second kappa shape index (κ2) is 7.81. The predicted molar refractivity (Wildman–Crippen MR) is 116 cm³/mol. The molecule has 1 atom stereocenters. The summed E-state index contributed by atoms with van der Waals surface area (Å²) in [6.07, 6.45) is 3.95. The zero-order valence-corrected chi connectivity index (χ0v) is 17.4. The summed E-state index contributed by atoms with van der Waals surface area (Å²) in [6.45, 7) is 1.68. The van der Waals surface area contributed by atoms with Crippen LogP contribution < -0.4 is 5.32 Å². The van der Waals surface area contributed by atoms with Gasteiger partial charge in [0, 0.05) is 28.7 Å². The SMILES string of the molecule is CC(Sc1nnc(-c2c[nH]c3ccccc23)n1C1CC1)C(=O)Nc1c(F)cccc1F. The smallest absolute Gasteiger partial charge is 0.237 e. The maximum atomic E-state index is 13.9. The molecule has 0 aliphatic heterocycles. The number of aromatic nitrogens is 4. The molecule has 2 heterocycles. The fourth-order valence-electron chi connectivity index (χ4n) is 3.51. The molecular formula is C22H19F2N5OS. The van der Waals surface area contributed by atoms with Crippen molar-refractivity contribution in [2.75, 3.05) is 5.32 Å². The van der Waals surface area contributed by atoms with E-state index in [0.717, 1.165) is 47.3 Å². The van der Waals surface area contributed by atoms with Gasteiger partial charge in [-0.05, 0) is 38.0 Å². The molecule has 1 amide bonds. The van der Waals surface area contributed by atoms with Crippen molar-refractivity contribution in [3.63, 3.8) is 0 Å². The van der Waals surface area contributed by atoms with Gasteiger partial charge in [0.2, 0.25) is 5.91 Å². The molecule has 0 spiro atoms. The Bertz CT molecular complexity index is 1260. The van der Waals surface area contributed by atoms with Gasteiger partial charge in [0.25, 0.3) is 0 Å². The van der Waals surface area contributed by atoms with Gasteiger partial charge in [-0.3, -0.25) is 9.36 Å². The molecule has 2 aromatic carbocycles. The number of nitrogens with one attached hydrogen (secondary N) is 2. The average Bonchev–Trinajstić information content (AvgIpc) is 3.38. The minimum Gasteiger partial charge on any atom is -0.360 e. The lowest BCUT2D eigenvalue weighted by atomic mass is 10.1. The number of H-pyrrole nitrogens is 1. The summed E-state index contributed by atoms with van der Waals surface area (Å²) in [5, 5.41) is 12.1. The van der Waals surface area contributed by atoms with Gasteiger partial charge in [0.15, 0.2) is 11.0 Å². The summed E-state index contributed by atoms with van der Waals surface area (Å²) in [6, 6.07) is 11.7. The van der Waals surface area contributed by atoms with E-state index in [0.29, 0.717) is 5.16 Å². The normalized spacial score (nSPS) is 14.7. The van der Waals surface area contributed by atoms with Gasteiger partial charge in [0.05, 0.1) is 5.25 Å². The van der Waals surface area contributed by atoms with Gasteiger partial charge in [-0.15, -0.1) is 10.2 Å². The lowest BCUT2D eigenvalue weighted by Crippen LogP contribution is -2.24. The van der Waals surface area contributed by atoms with Crippen LogP contribution in [0.25, 0.3) is 22.3 Å². The van der Waals surface area contributed by atoms with Crippen LogP contribution >= 0.6 is 11.8 Å². The number of aromatic amines is 1. The fraction of sp³-hybridized carbons (Fsp3) is 0.227. The number of nitrogens with zero attached hydrogens (tertiary/aromatic N) is 3. The van der Waals surface area contributed by atoms with Crippen LogP contribution in [0.5, 0.6) is 0 Å². The van der Waals surface area contributed by atoms with Crippen LogP contribution in [-0.4, -0.2) is 30.9 Å². The van der Waals surface area contributed by atoms with Crippen molar-refractivity contribution in [1.29, 1.82) is 0 Å². The fourth-order valence-corrected chi connectivity index (χ4v) is 4.43. The third-order valence-corrected chi connectivity index (χ3v) is 6.33. The van der Waals surface area contributed by atoms with E-state index in [-0.39, 0.29) is 6.04 Å². The number of carbonyl (C=O) groups is 1. The highest BCUT2D eigenvalue weighted by molar-refractivity contribution is 8.00. The largest absolute Gasteiger partial charge is 0.360 e. The Kier molecular flexibility index (Phi) is 4.97. The Hall–Kier alpha value is -3.20. The van der Waals surface area contributed by atoms with Crippen LogP contribution in [0.2, 0.25) is 0 Å². The number of halogens is 2. The third-order valence-electron chi connectivity index (χ3n) is 5.27. The molecule has 0 saturated heterocycles. The van der Waals surface area contributed by atoms with Crippen molar-refractivity contribution in [3.05, 3.63) is 60.3 Å². The monoisotopic (exact) mass is 439 g/mol. The van der Waals surface area contributed by atoms with E-state index in [2.05, 4.69) is 25.1 Å². The first kappa shape index (κ1) is 19.7. The van der Waals surface area contributed by atoms with Crippen LogP contribution in [-0.2, 0) is 4.79 Å². The van der Waals surface area contributed by atoms with Crippen LogP contribution in [0.3, 0.4) is 0 Å². The molecule has 1 unspecified atom stereocenters. The molecule has 4 aromatic rings. The average molecular weight is 439 g/mol. The van der Waals surface area contributed by atoms with E-state index in [1.807, 2.05) is 30.5 Å². The summed E-state index contributed by atoms with van der Waals surface area (Å²) in [5.74, 6) is -1.38. The molecule has 1 aliphatic carbocycles. The first-order valence-corrected chi connectivity index (χ1v) is 10.8. The number of hydrogen-bond donors (Lipinski definition) is 2.